The number of hydrogen-bond acceptors (Lipinski definition) is 4. The van der Waals surface area contributed by atoms with Gasteiger partial charge in [0, 0.05) is 64.6 Å². The van der Waals surface area contributed by atoms with Crippen molar-refractivity contribution in [2.45, 2.75) is 39.8 Å². The molecule has 6 nitrogen and oxygen atoms in total. The Labute approximate surface area is 152 Å². The molecule has 1 aromatic rings. The van der Waals surface area contributed by atoms with Crippen LogP contribution >= 0.6 is 0 Å². The number of anilines is 1. The summed E-state index contributed by atoms with van der Waals surface area (Å²) in [5.74, 6) is 2.07. The second-order valence-corrected chi connectivity index (χ2v) is 7.06. The molecule has 0 aromatic carbocycles. The summed E-state index contributed by atoms with van der Waals surface area (Å²) in [5.41, 5.74) is 0. The molecule has 0 radical (unpaired) electrons. The first-order valence-electron chi connectivity index (χ1n) is 9.40. The molecule has 6 heteroatoms. The molecule has 2 rings (SSSR count). The van der Waals surface area contributed by atoms with Crippen LogP contribution in [-0.4, -0.2) is 79.1 Å². The number of nitrogens with zero attached hydrogens (tertiary/aromatic N) is 5. The van der Waals surface area contributed by atoms with Crippen LogP contribution in [0, 0.1) is 0 Å². The van der Waals surface area contributed by atoms with E-state index in [1.165, 1.54) is 0 Å². The van der Waals surface area contributed by atoms with Gasteiger partial charge in [-0.25, -0.2) is 4.98 Å². The molecule has 0 bridgehead atoms. The smallest absolute Gasteiger partial charge is 0.193 e. The normalized spacial score (nSPS) is 16.2. The second-order valence-electron chi connectivity index (χ2n) is 7.06. The number of hydrogen-bond donors (Lipinski definition) is 1. The van der Waals surface area contributed by atoms with Crippen molar-refractivity contribution in [1.29, 1.82) is 0 Å². The van der Waals surface area contributed by atoms with Gasteiger partial charge in [0.15, 0.2) is 5.96 Å². The Bertz CT molecular complexity index is 512. The number of pyridine rings is 1. The Morgan fingerprint density at radius 2 is 1.84 bits per heavy atom. The number of rotatable bonds is 6. The SMILES string of the molecule is CN=C(NCCN(C(C)C)C(C)C)N1CCN(c2ccccn2)CC1. The van der Waals surface area contributed by atoms with E-state index >= 15 is 0 Å². The molecule has 1 aliphatic rings. The van der Waals surface area contributed by atoms with E-state index in [9.17, 15) is 0 Å². The van der Waals surface area contributed by atoms with Crippen LogP contribution in [0.1, 0.15) is 27.7 Å². The zero-order chi connectivity index (χ0) is 18.2. The topological polar surface area (TPSA) is 47.0 Å². The van der Waals surface area contributed by atoms with Crippen LogP contribution in [-0.2, 0) is 0 Å². The highest BCUT2D eigenvalue weighted by atomic mass is 15.4. The fraction of sp³-hybridized carbons (Fsp3) is 0.684. The minimum absolute atomic E-state index is 0.561. The molecule has 0 spiro atoms. The summed E-state index contributed by atoms with van der Waals surface area (Å²) in [6.45, 7) is 14.9. The predicted octanol–water partition coefficient (Wildman–Crippen LogP) is 1.90. The summed E-state index contributed by atoms with van der Waals surface area (Å²) in [6, 6.07) is 7.21. The van der Waals surface area contributed by atoms with Crippen molar-refractivity contribution in [2.24, 2.45) is 4.99 Å². The minimum atomic E-state index is 0.561. The molecule has 140 valence electrons. The predicted molar refractivity (Wildman–Crippen MR) is 106 cm³/mol. The van der Waals surface area contributed by atoms with E-state index in [4.69, 9.17) is 0 Å². The molecule has 0 aliphatic carbocycles. The van der Waals surface area contributed by atoms with Crippen LogP contribution in [0.15, 0.2) is 29.4 Å². The monoisotopic (exact) mass is 346 g/mol. The highest BCUT2D eigenvalue weighted by molar-refractivity contribution is 5.80. The van der Waals surface area contributed by atoms with Crippen LogP contribution in [0.2, 0.25) is 0 Å². The Morgan fingerprint density at radius 3 is 2.36 bits per heavy atom. The van der Waals surface area contributed by atoms with Crippen molar-refractivity contribution >= 4 is 11.8 Å². The van der Waals surface area contributed by atoms with E-state index in [1.54, 1.807) is 0 Å². The molecule has 1 fully saturated rings. The Morgan fingerprint density at radius 1 is 1.16 bits per heavy atom. The average molecular weight is 347 g/mol. The van der Waals surface area contributed by atoms with Crippen molar-refractivity contribution in [3.05, 3.63) is 24.4 Å². The van der Waals surface area contributed by atoms with Crippen molar-refractivity contribution in [2.75, 3.05) is 51.2 Å². The summed E-state index contributed by atoms with van der Waals surface area (Å²) in [7, 11) is 1.87. The third-order valence-electron chi connectivity index (χ3n) is 4.74. The highest BCUT2D eigenvalue weighted by Gasteiger charge is 2.20. The third-order valence-corrected chi connectivity index (χ3v) is 4.74. The van der Waals surface area contributed by atoms with E-state index < -0.39 is 0 Å². The molecular weight excluding hydrogens is 312 g/mol. The molecule has 1 aromatic heterocycles. The van der Waals surface area contributed by atoms with Crippen LogP contribution in [0.25, 0.3) is 0 Å². The largest absolute Gasteiger partial charge is 0.355 e. The van der Waals surface area contributed by atoms with Gasteiger partial charge < -0.3 is 15.1 Å². The number of nitrogens with one attached hydrogen (secondary N) is 1. The van der Waals surface area contributed by atoms with Gasteiger partial charge in [0.25, 0.3) is 0 Å². The summed E-state index contributed by atoms with van der Waals surface area (Å²) in [4.78, 5) is 16.1. The second kappa shape index (κ2) is 9.61. The van der Waals surface area contributed by atoms with Crippen molar-refractivity contribution in [3.63, 3.8) is 0 Å². The molecule has 1 aliphatic heterocycles. The fourth-order valence-corrected chi connectivity index (χ4v) is 3.43. The zero-order valence-corrected chi connectivity index (χ0v) is 16.4. The summed E-state index contributed by atoms with van der Waals surface area (Å²) < 4.78 is 0. The van der Waals surface area contributed by atoms with E-state index in [0.29, 0.717) is 12.1 Å². The maximum atomic E-state index is 4.47. The van der Waals surface area contributed by atoms with Gasteiger partial charge >= 0.3 is 0 Å². The van der Waals surface area contributed by atoms with Gasteiger partial charge in [-0.1, -0.05) is 6.07 Å². The standard InChI is InChI=1S/C19H34N6/c1-16(2)25(17(3)4)11-10-22-19(20-5)24-14-12-23(13-15-24)18-8-6-7-9-21-18/h6-9,16-17H,10-15H2,1-5H3,(H,20,22). The van der Waals surface area contributed by atoms with E-state index in [2.05, 4.69) is 63.8 Å². The highest BCUT2D eigenvalue weighted by Crippen LogP contribution is 2.12. The molecule has 25 heavy (non-hydrogen) atoms. The first kappa shape index (κ1) is 19.5. The van der Waals surface area contributed by atoms with Crippen molar-refractivity contribution < 1.29 is 0 Å². The Hall–Kier alpha value is -1.82. The van der Waals surface area contributed by atoms with Crippen molar-refractivity contribution in [1.82, 2.24) is 20.1 Å². The molecular formula is C19H34N6. The summed E-state index contributed by atoms with van der Waals surface area (Å²) in [6.07, 6.45) is 1.86. The molecule has 0 unspecified atom stereocenters. The van der Waals surface area contributed by atoms with E-state index in [-0.39, 0.29) is 0 Å². The van der Waals surface area contributed by atoms with Crippen LogP contribution in [0.5, 0.6) is 0 Å². The van der Waals surface area contributed by atoms with Crippen molar-refractivity contribution in [3.8, 4) is 0 Å². The number of aliphatic imine (C=N–C) groups is 1. The lowest BCUT2D eigenvalue weighted by molar-refractivity contribution is 0.178. The molecule has 0 saturated carbocycles. The van der Waals surface area contributed by atoms with Gasteiger partial charge in [0.05, 0.1) is 0 Å². The van der Waals surface area contributed by atoms with E-state index in [1.807, 2.05) is 25.4 Å². The Kier molecular flexibility index (Phi) is 7.50. The van der Waals surface area contributed by atoms with Gasteiger partial charge in [-0.15, -0.1) is 0 Å². The number of piperazine rings is 1. The van der Waals surface area contributed by atoms with Crippen LogP contribution in [0.3, 0.4) is 0 Å². The maximum Gasteiger partial charge on any atom is 0.193 e. The first-order valence-corrected chi connectivity index (χ1v) is 9.40. The lowest BCUT2D eigenvalue weighted by atomic mass is 10.2. The molecule has 0 amide bonds. The minimum Gasteiger partial charge on any atom is -0.355 e. The van der Waals surface area contributed by atoms with Gasteiger partial charge in [-0.2, -0.15) is 0 Å². The van der Waals surface area contributed by atoms with Crippen LogP contribution in [0.4, 0.5) is 5.82 Å². The lowest BCUT2D eigenvalue weighted by Crippen LogP contribution is -2.53. The van der Waals surface area contributed by atoms with Gasteiger partial charge in [0.2, 0.25) is 0 Å². The summed E-state index contributed by atoms with van der Waals surface area (Å²) in [5, 5.41) is 3.53. The van der Waals surface area contributed by atoms with Gasteiger partial charge in [0.1, 0.15) is 5.82 Å². The number of aromatic nitrogens is 1. The fourth-order valence-electron chi connectivity index (χ4n) is 3.43. The number of guanidine groups is 1. The van der Waals surface area contributed by atoms with Gasteiger partial charge in [-0.3, -0.25) is 9.89 Å². The quantitative estimate of drug-likeness (QED) is 0.630. The average Bonchev–Trinajstić information content (AvgIpc) is 2.62. The molecule has 0 atom stereocenters. The summed E-state index contributed by atoms with van der Waals surface area (Å²) >= 11 is 0. The maximum absolute atomic E-state index is 4.47. The van der Waals surface area contributed by atoms with Crippen LogP contribution < -0.4 is 10.2 Å². The van der Waals surface area contributed by atoms with E-state index in [0.717, 1.165) is 51.0 Å². The lowest BCUT2D eigenvalue weighted by Gasteiger charge is -2.37. The first-order chi connectivity index (χ1) is 12.0. The third kappa shape index (κ3) is 5.59. The zero-order valence-electron chi connectivity index (χ0n) is 16.4. The molecule has 1 N–H and O–H groups in total. The molecule has 2 heterocycles. The van der Waals surface area contributed by atoms with Gasteiger partial charge in [-0.05, 0) is 39.8 Å². The Balaban J connectivity index is 1.80. The molecule has 1 saturated heterocycles.